The van der Waals surface area contributed by atoms with E-state index in [0.29, 0.717) is 10.6 Å². The fourth-order valence-electron chi connectivity index (χ4n) is 1.94. The summed E-state index contributed by atoms with van der Waals surface area (Å²) < 4.78 is 0. The molecule has 0 aliphatic carbocycles. The highest BCUT2D eigenvalue weighted by Gasteiger charge is 2.11. The van der Waals surface area contributed by atoms with Gasteiger partial charge in [0.15, 0.2) is 5.78 Å². The number of halogens is 1. The highest BCUT2D eigenvalue weighted by atomic mass is 35.5. The summed E-state index contributed by atoms with van der Waals surface area (Å²) in [5.41, 5.74) is 1.63. The van der Waals surface area contributed by atoms with E-state index in [0.717, 1.165) is 18.8 Å². The number of hydrogen-bond acceptors (Lipinski definition) is 3. The minimum atomic E-state index is 0.0368. The Morgan fingerprint density at radius 3 is 2.68 bits per heavy atom. The zero-order valence-electron chi connectivity index (χ0n) is 11.0. The third-order valence-electron chi connectivity index (χ3n) is 3.00. The summed E-state index contributed by atoms with van der Waals surface area (Å²) in [5.74, 6) is 0.0368. The predicted molar refractivity (Wildman–Crippen MR) is 82.5 cm³/mol. The zero-order chi connectivity index (χ0) is 13.8. The first-order chi connectivity index (χ1) is 9.11. The van der Waals surface area contributed by atoms with E-state index in [4.69, 9.17) is 11.6 Å². The summed E-state index contributed by atoms with van der Waals surface area (Å²) in [7, 11) is 0. The lowest BCUT2D eigenvalue weighted by Crippen LogP contribution is -2.21. The lowest BCUT2D eigenvalue weighted by atomic mass is 10.1. The SMILES string of the molecule is CCN(Cc1cccs1)c1ccc(C(C)=O)cc1Cl. The third kappa shape index (κ3) is 3.37. The molecule has 2 aromatic rings. The molecule has 0 aliphatic rings. The van der Waals surface area contributed by atoms with Crippen molar-refractivity contribution in [1.82, 2.24) is 0 Å². The summed E-state index contributed by atoms with van der Waals surface area (Å²) in [6.07, 6.45) is 0. The number of benzene rings is 1. The lowest BCUT2D eigenvalue weighted by Gasteiger charge is -2.23. The van der Waals surface area contributed by atoms with E-state index in [1.54, 1.807) is 24.3 Å². The van der Waals surface area contributed by atoms with Gasteiger partial charge in [0.05, 0.1) is 17.3 Å². The van der Waals surface area contributed by atoms with Crippen LogP contribution in [0.5, 0.6) is 0 Å². The van der Waals surface area contributed by atoms with Gasteiger partial charge in [-0.15, -0.1) is 11.3 Å². The average molecular weight is 294 g/mol. The topological polar surface area (TPSA) is 20.3 Å². The molecule has 2 rings (SSSR count). The van der Waals surface area contributed by atoms with Crippen molar-refractivity contribution < 1.29 is 4.79 Å². The first kappa shape index (κ1) is 14.1. The summed E-state index contributed by atoms with van der Waals surface area (Å²) in [5, 5.41) is 2.70. The van der Waals surface area contributed by atoms with Gasteiger partial charge in [0.2, 0.25) is 0 Å². The first-order valence-corrected chi connectivity index (χ1v) is 7.45. The maximum absolute atomic E-state index is 11.3. The van der Waals surface area contributed by atoms with Crippen molar-refractivity contribution in [3.8, 4) is 0 Å². The van der Waals surface area contributed by atoms with Crippen molar-refractivity contribution in [1.29, 1.82) is 0 Å². The van der Waals surface area contributed by atoms with Crippen LogP contribution in [0.25, 0.3) is 0 Å². The molecule has 0 aliphatic heterocycles. The van der Waals surface area contributed by atoms with Crippen LogP contribution in [0, 0.1) is 0 Å². The van der Waals surface area contributed by atoms with Crippen LogP contribution >= 0.6 is 22.9 Å². The monoisotopic (exact) mass is 293 g/mol. The second-order valence-corrected chi connectivity index (χ2v) is 5.76. The molecule has 0 radical (unpaired) electrons. The van der Waals surface area contributed by atoms with Crippen molar-refractivity contribution in [2.24, 2.45) is 0 Å². The van der Waals surface area contributed by atoms with E-state index in [-0.39, 0.29) is 5.78 Å². The Morgan fingerprint density at radius 2 is 2.16 bits per heavy atom. The van der Waals surface area contributed by atoms with Gasteiger partial charge in [-0.25, -0.2) is 0 Å². The molecule has 1 aromatic heterocycles. The number of carbonyl (C=O) groups is 1. The number of hydrogen-bond donors (Lipinski definition) is 0. The maximum Gasteiger partial charge on any atom is 0.159 e. The van der Waals surface area contributed by atoms with E-state index in [1.807, 2.05) is 18.2 Å². The van der Waals surface area contributed by atoms with Crippen LogP contribution in [0.15, 0.2) is 35.7 Å². The predicted octanol–water partition coefficient (Wildman–Crippen LogP) is 4.63. The van der Waals surface area contributed by atoms with Gasteiger partial charge in [-0.05, 0) is 43.5 Å². The number of Topliss-reactive ketones (excluding diaryl/α,β-unsaturated/α-hetero) is 1. The highest BCUT2D eigenvalue weighted by Crippen LogP contribution is 2.29. The Balaban J connectivity index is 2.25. The molecule has 2 nitrogen and oxygen atoms in total. The molecule has 0 amide bonds. The number of nitrogens with zero attached hydrogens (tertiary/aromatic N) is 1. The second-order valence-electron chi connectivity index (χ2n) is 4.32. The van der Waals surface area contributed by atoms with Crippen LogP contribution in [-0.4, -0.2) is 12.3 Å². The molecule has 1 aromatic carbocycles. The molecule has 0 unspecified atom stereocenters. The van der Waals surface area contributed by atoms with E-state index in [9.17, 15) is 4.79 Å². The molecule has 100 valence electrons. The largest absolute Gasteiger partial charge is 0.365 e. The molecular formula is C15H16ClNOS. The summed E-state index contributed by atoms with van der Waals surface area (Å²) >= 11 is 8.03. The molecule has 19 heavy (non-hydrogen) atoms. The van der Waals surface area contributed by atoms with Gasteiger partial charge in [0.1, 0.15) is 0 Å². The van der Waals surface area contributed by atoms with Gasteiger partial charge in [-0.3, -0.25) is 4.79 Å². The van der Waals surface area contributed by atoms with E-state index in [2.05, 4.69) is 23.3 Å². The molecule has 1 heterocycles. The van der Waals surface area contributed by atoms with Crippen LogP contribution in [-0.2, 0) is 6.54 Å². The fourth-order valence-corrected chi connectivity index (χ4v) is 2.96. The molecule has 0 saturated carbocycles. The Kier molecular flexibility index (Phi) is 4.61. The molecule has 0 fully saturated rings. The van der Waals surface area contributed by atoms with Gasteiger partial charge < -0.3 is 4.90 Å². The fraction of sp³-hybridized carbons (Fsp3) is 0.267. The smallest absolute Gasteiger partial charge is 0.159 e. The minimum Gasteiger partial charge on any atom is -0.365 e. The number of ketones is 1. The summed E-state index contributed by atoms with van der Waals surface area (Å²) in [6, 6.07) is 9.67. The second kappa shape index (κ2) is 6.22. The zero-order valence-corrected chi connectivity index (χ0v) is 12.6. The molecule has 0 bridgehead atoms. The van der Waals surface area contributed by atoms with Gasteiger partial charge in [-0.1, -0.05) is 17.7 Å². The van der Waals surface area contributed by atoms with Crippen LogP contribution in [0.1, 0.15) is 29.1 Å². The maximum atomic E-state index is 11.3. The van der Waals surface area contributed by atoms with Gasteiger partial charge >= 0.3 is 0 Å². The van der Waals surface area contributed by atoms with E-state index >= 15 is 0 Å². The molecule has 0 N–H and O–H groups in total. The summed E-state index contributed by atoms with van der Waals surface area (Å²) in [4.78, 5) is 14.8. The van der Waals surface area contributed by atoms with Crippen molar-refractivity contribution in [3.05, 3.63) is 51.2 Å². The molecular weight excluding hydrogens is 278 g/mol. The van der Waals surface area contributed by atoms with Crippen molar-refractivity contribution >= 4 is 34.4 Å². The third-order valence-corrected chi connectivity index (χ3v) is 4.17. The number of thiophene rings is 1. The molecule has 0 saturated heterocycles. The number of anilines is 1. The Morgan fingerprint density at radius 1 is 1.37 bits per heavy atom. The van der Waals surface area contributed by atoms with Crippen molar-refractivity contribution in [2.45, 2.75) is 20.4 Å². The molecule has 4 heteroatoms. The van der Waals surface area contributed by atoms with Crippen LogP contribution < -0.4 is 4.90 Å². The van der Waals surface area contributed by atoms with Gasteiger partial charge in [0, 0.05) is 17.0 Å². The van der Waals surface area contributed by atoms with Crippen LogP contribution in [0.4, 0.5) is 5.69 Å². The Labute approximate surface area is 122 Å². The number of rotatable bonds is 5. The Hall–Kier alpha value is -1.32. The van der Waals surface area contributed by atoms with E-state index in [1.165, 1.54) is 4.88 Å². The first-order valence-electron chi connectivity index (χ1n) is 6.19. The summed E-state index contributed by atoms with van der Waals surface area (Å²) in [6.45, 7) is 5.36. The Bertz CT molecular complexity index is 566. The lowest BCUT2D eigenvalue weighted by molar-refractivity contribution is 0.101. The van der Waals surface area contributed by atoms with Crippen LogP contribution in [0.3, 0.4) is 0 Å². The molecule has 0 spiro atoms. The van der Waals surface area contributed by atoms with Crippen LogP contribution in [0.2, 0.25) is 5.02 Å². The normalized spacial score (nSPS) is 10.5. The number of carbonyl (C=O) groups excluding carboxylic acids is 1. The highest BCUT2D eigenvalue weighted by molar-refractivity contribution is 7.09. The quantitative estimate of drug-likeness (QED) is 0.749. The average Bonchev–Trinajstić information content (AvgIpc) is 2.89. The molecule has 0 atom stereocenters. The van der Waals surface area contributed by atoms with E-state index < -0.39 is 0 Å². The van der Waals surface area contributed by atoms with Crippen molar-refractivity contribution in [3.63, 3.8) is 0 Å². The van der Waals surface area contributed by atoms with Gasteiger partial charge in [0.25, 0.3) is 0 Å². The van der Waals surface area contributed by atoms with Gasteiger partial charge in [-0.2, -0.15) is 0 Å². The standard InChI is InChI=1S/C15H16ClNOS/c1-3-17(10-13-5-4-8-19-13)15-7-6-12(11(2)18)9-14(15)16/h4-9H,3,10H2,1-2H3. The van der Waals surface area contributed by atoms with Crippen molar-refractivity contribution in [2.75, 3.05) is 11.4 Å². The minimum absolute atomic E-state index is 0.0368.